The molecule has 19 heavy (non-hydrogen) atoms. The summed E-state index contributed by atoms with van der Waals surface area (Å²) < 4.78 is 0. The summed E-state index contributed by atoms with van der Waals surface area (Å²) in [7, 11) is 0. The van der Waals surface area contributed by atoms with Crippen molar-refractivity contribution >= 4 is 0 Å². The van der Waals surface area contributed by atoms with Gasteiger partial charge >= 0.3 is 0 Å². The Kier molecular flexibility index (Phi) is 2.29. The van der Waals surface area contributed by atoms with Crippen LogP contribution in [0.15, 0.2) is 36.8 Å². The smallest absolute Gasteiger partial charge is 0.115 e. The highest BCUT2D eigenvalue weighted by Gasteiger charge is 2.44. The van der Waals surface area contributed by atoms with Gasteiger partial charge in [-0.3, -0.25) is 0 Å². The average molecular weight is 250 g/mol. The fraction of sp³-hybridized carbons (Fsp3) is 0.412. The fourth-order valence-electron chi connectivity index (χ4n) is 4.15. The maximum Gasteiger partial charge on any atom is 0.115 e. The molecule has 0 fully saturated rings. The summed E-state index contributed by atoms with van der Waals surface area (Å²) in [6.07, 6.45) is 8.43. The van der Waals surface area contributed by atoms with E-state index >= 15 is 0 Å². The lowest BCUT2D eigenvalue weighted by Gasteiger charge is -2.35. The highest BCUT2D eigenvalue weighted by atomic mass is 14.8. The van der Waals surface area contributed by atoms with E-state index in [9.17, 15) is 0 Å². The van der Waals surface area contributed by atoms with Crippen LogP contribution in [0.1, 0.15) is 48.1 Å². The van der Waals surface area contributed by atoms with Crippen LogP contribution in [0.3, 0.4) is 0 Å². The molecular weight excluding hydrogens is 232 g/mol. The number of nitrogens with zero attached hydrogens (tertiary/aromatic N) is 2. The number of rotatable bonds is 0. The molecule has 2 aliphatic carbocycles. The summed E-state index contributed by atoms with van der Waals surface area (Å²) in [6.45, 7) is 2.36. The van der Waals surface area contributed by atoms with E-state index in [2.05, 4.69) is 41.2 Å². The largest absolute Gasteiger partial charge is 0.245 e. The van der Waals surface area contributed by atoms with Gasteiger partial charge in [0, 0.05) is 17.3 Å². The minimum absolute atomic E-state index is 0.331. The van der Waals surface area contributed by atoms with Crippen molar-refractivity contribution in [3.63, 3.8) is 0 Å². The number of fused-ring (bicyclic) bond motifs is 3. The highest BCUT2D eigenvalue weighted by molar-refractivity contribution is 5.45. The van der Waals surface area contributed by atoms with Gasteiger partial charge in [-0.1, -0.05) is 31.2 Å². The van der Waals surface area contributed by atoms with Crippen molar-refractivity contribution in [1.29, 1.82) is 0 Å². The number of hydrogen-bond acceptors (Lipinski definition) is 2. The van der Waals surface area contributed by atoms with Gasteiger partial charge < -0.3 is 0 Å². The molecule has 4 rings (SSSR count). The average Bonchev–Trinajstić information content (AvgIpc) is 2.72. The summed E-state index contributed by atoms with van der Waals surface area (Å²) in [5, 5.41) is 0. The third-order valence-corrected chi connectivity index (χ3v) is 5.02. The first-order valence-electron chi connectivity index (χ1n) is 7.16. The van der Waals surface area contributed by atoms with E-state index in [0.29, 0.717) is 11.3 Å². The summed E-state index contributed by atoms with van der Waals surface area (Å²) in [6, 6.07) is 9.01. The van der Waals surface area contributed by atoms with Crippen LogP contribution in [0.2, 0.25) is 0 Å². The van der Waals surface area contributed by atoms with Crippen LogP contribution in [0.5, 0.6) is 0 Å². The second-order valence-electron chi connectivity index (χ2n) is 6.14. The van der Waals surface area contributed by atoms with Gasteiger partial charge in [-0.05, 0) is 48.3 Å². The lowest BCUT2D eigenvalue weighted by atomic mass is 9.69. The lowest BCUT2D eigenvalue weighted by molar-refractivity contribution is 0.349. The predicted molar refractivity (Wildman–Crippen MR) is 75.2 cm³/mol. The molecule has 2 nitrogen and oxygen atoms in total. The quantitative estimate of drug-likeness (QED) is 0.716. The Morgan fingerprint density at radius 1 is 1.26 bits per heavy atom. The van der Waals surface area contributed by atoms with Crippen molar-refractivity contribution < 1.29 is 0 Å². The van der Waals surface area contributed by atoms with E-state index in [1.807, 2.05) is 6.20 Å². The monoisotopic (exact) mass is 250 g/mol. The molecular formula is C17H18N2. The van der Waals surface area contributed by atoms with Gasteiger partial charge in [0.15, 0.2) is 0 Å². The molecule has 0 saturated heterocycles. The van der Waals surface area contributed by atoms with Crippen molar-refractivity contribution in [3.8, 4) is 0 Å². The molecule has 0 amide bonds. The van der Waals surface area contributed by atoms with Crippen molar-refractivity contribution in [3.05, 3.63) is 59.2 Å². The van der Waals surface area contributed by atoms with E-state index in [0.717, 1.165) is 12.8 Å². The third kappa shape index (κ3) is 1.55. The normalized spacial score (nSPS) is 28.2. The second-order valence-corrected chi connectivity index (χ2v) is 6.14. The molecule has 96 valence electrons. The Hall–Kier alpha value is -1.70. The SMILES string of the molecule is CC1CC2(CCc3cncnc3C2)c2ccccc21. The lowest BCUT2D eigenvalue weighted by Crippen LogP contribution is -2.32. The first-order chi connectivity index (χ1) is 9.28. The molecule has 2 aliphatic rings. The highest BCUT2D eigenvalue weighted by Crippen LogP contribution is 2.51. The Morgan fingerprint density at radius 2 is 2.16 bits per heavy atom. The topological polar surface area (TPSA) is 25.8 Å². The van der Waals surface area contributed by atoms with Crippen molar-refractivity contribution in [1.82, 2.24) is 9.97 Å². The fourth-order valence-corrected chi connectivity index (χ4v) is 4.15. The maximum absolute atomic E-state index is 4.53. The van der Waals surface area contributed by atoms with Gasteiger partial charge in [0.25, 0.3) is 0 Å². The molecule has 0 bridgehead atoms. The predicted octanol–water partition coefficient (Wildman–Crippen LogP) is 3.41. The molecule has 1 aromatic carbocycles. The molecule has 2 atom stereocenters. The first kappa shape index (κ1) is 11.2. The maximum atomic E-state index is 4.53. The molecule has 1 heterocycles. The van der Waals surface area contributed by atoms with Crippen LogP contribution >= 0.6 is 0 Å². The van der Waals surface area contributed by atoms with E-state index in [-0.39, 0.29) is 0 Å². The van der Waals surface area contributed by atoms with Crippen LogP contribution < -0.4 is 0 Å². The Bertz CT molecular complexity index is 635. The number of aromatic nitrogens is 2. The van der Waals surface area contributed by atoms with Gasteiger partial charge in [-0.25, -0.2) is 9.97 Å². The Balaban J connectivity index is 1.82. The van der Waals surface area contributed by atoms with E-state index in [1.54, 1.807) is 17.5 Å². The summed E-state index contributed by atoms with van der Waals surface area (Å²) in [5.74, 6) is 0.680. The summed E-state index contributed by atoms with van der Waals surface area (Å²) >= 11 is 0. The molecule has 2 aromatic rings. The summed E-state index contributed by atoms with van der Waals surface area (Å²) in [5.41, 5.74) is 6.08. The molecule has 0 radical (unpaired) electrons. The molecule has 2 unspecified atom stereocenters. The first-order valence-corrected chi connectivity index (χ1v) is 7.16. The van der Waals surface area contributed by atoms with Crippen LogP contribution in [0.25, 0.3) is 0 Å². The van der Waals surface area contributed by atoms with E-state index in [1.165, 1.54) is 24.1 Å². The van der Waals surface area contributed by atoms with Crippen molar-refractivity contribution in [2.24, 2.45) is 0 Å². The number of hydrogen-bond donors (Lipinski definition) is 0. The second kappa shape index (κ2) is 3.89. The standard InChI is InChI=1S/C17H18N2/c1-12-8-17(15-5-3-2-4-14(12)15)7-6-13-10-18-11-19-16(13)9-17/h2-5,10-12H,6-9H2,1H3. The van der Waals surface area contributed by atoms with E-state index < -0.39 is 0 Å². The molecule has 2 heteroatoms. The van der Waals surface area contributed by atoms with Gasteiger partial charge in [-0.15, -0.1) is 0 Å². The third-order valence-electron chi connectivity index (χ3n) is 5.02. The molecule has 0 saturated carbocycles. The zero-order chi connectivity index (χ0) is 12.9. The van der Waals surface area contributed by atoms with Crippen LogP contribution in [-0.2, 0) is 18.3 Å². The minimum Gasteiger partial charge on any atom is -0.245 e. The Morgan fingerprint density at radius 3 is 3.11 bits per heavy atom. The van der Waals surface area contributed by atoms with E-state index in [4.69, 9.17) is 0 Å². The molecule has 1 aromatic heterocycles. The van der Waals surface area contributed by atoms with Crippen molar-refractivity contribution in [2.75, 3.05) is 0 Å². The van der Waals surface area contributed by atoms with Gasteiger partial charge in [0.2, 0.25) is 0 Å². The Labute approximate surface area is 113 Å². The molecule has 1 spiro atoms. The minimum atomic E-state index is 0.331. The van der Waals surface area contributed by atoms with Gasteiger partial charge in [-0.2, -0.15) is 0 Å². The van der Waals surface area contributed by atoms with Gasteiger partial charge in [0.05, 0.1) is 0 Å². The van der Waals surface area contributed by atoms with Crippen LogP contribution in [-0.4, -0.2) is 9.97 Å². The molecule has 0 aliphatic heterocycles. The zero-order valence-electron chi connectivity index (χ0n) is 11.3. The molecule has 0 N–H and O–H groups in total. The zero-order valence-corrected chi connectivity index (χ0v) is 11.3. The summed E-state index contributed by atoms with van der Waals surface area (Å²) in [4.78, 5) is 8.69. The van der Waals surface area contributed by atoms with Crippen molar-refractivity contribution in [2.45, 2.75) is 43.9 Å². The number of aryl methyl sites for hydroxylation is 1. The van der Waals surface area contributed by atoms with Crippen LogP contribution in [0, 0.1) is 0 Å². The van der Waals surface area contributed by atoms with Crippen LogP contribution in [0.4, 0.5) is 0 Å². The number of benzene rings is 1. The van der Waals surface area contributed by atoms with Gasteiger partial charge in [0.1, 0.15) is 6.33 Å².